The first-order valence-electron chi connectivity index (χ1n) is 12.8. The summed E-state index contributed by atoms with van der Waals surface area (Å²) < 4.78 is 13.4. The van der Waals surface area contributed by atoms with Gasteiger partial charge in [-0.3, -0.25) is 14.4 Å². The average Bonchev–Trinajstić information content (AvgIpc) is 2.88. The van der Waals surface area contributed by atoms with Gasteiger partial charge in [0.05, 0.1) is 11.4 Å². The van der Waals surface area contributed by atoms with E-state index in [4.69, 9.17) is 0 Å². The molecule has 2 N–H and O–H groups in total. The number of hydrogen-bond acceptors (Lipinski definition) is 5. The largest absolute Gasteiger partial charge is 0.366 e. The molecular formula is C28H36FN5O3. The number of carbonyl (C=O) groups is 3. The van der Waals surface area contributed by atoms with Gasteiger partial charge in [-0.25, -0.2) is 4.39 Å². The molecule has 0 spiro atoms. The third-order valence-electron chi connectivity index (χ3n) is 6.66. The number of nitrogens with one attached hydrogen (secondary N) is 2. The lowest BCUT2D eigenvalue weighted by Gasteiger charge is -2.38. The number of halogens is 1. The number of piperazine rings is 2. The molecule has 0 radical (unpaired) electrons. The number of anilines is 2. The zero-order valence-electron chi connectivity index (χ0n) is 21.8. The molecule has 2 aromatic carbocycles. The zero-order valence-corrected chi connectivity index (χ0v) is 21.8. The quantitative estimate of drug-likeness (QED) is 0.647. The molecule has 2 fully saturated rings. The maximum atomic E-state index is 13.4. The van der Waals surface area contributed by atoms with Crippen molar-refractivity contribution in [3.63, 3.8) is 0 Å². The molecule has 2 saturated heterocycles. The van der Waals surface area contributed by atoms with E-state index in [0.717, 1.165) is 18.8 Å². The molecule has 2 aliphatic rings. The Morgan fingerprint density at radius 2 is 1.49 bits per heavy atom. The van der Waals surface area contributed by atoms with E-state index in [1.54, 1.807) is 17.0 Å². The van der Waals surface area contributed by atoms with Gasteiger partial charge in [-0.05, 0) is 47.9 Å². The van der Waals surface area contributed by atoms with Crippen LogP contribution in [-0.4, -0.2) is 79.9 Å². The maximum absolute atomic E-state index is 13.4. The van der Waals surface area contributed by atoms with E-state index < -0.39 is 5.82 Å². The minimum atomic E-state index is -0.417. The Bertz CT molecular complexity index is 1130. The summed E-state index contributed by atoms with van der Waals surface area (Å²) in [6, 6.07) is 10.7. The Morgan fingerprint density at radius 3 is 2.11 bits per heavy atom. The fourth-order valence-corrected chi connectivity index (χ4v) is 4.65. The van der Waals surface area contributed by atoms with Crippen molar-refractivity contribution >= 4 is 29.1 Å². The van der Waals surface area contributed by atoms with E-state index in [1.807, 2.05) is 11.0 Å². The van der Waals surface area contributed by atoms with Crippen molar-refractivity contribution in [2.75, 3.05) is 62.6 Å². The molecule has 37 heavy (non-hydrogen) atoms. The second-order valence-corrected chi connectivity index (χ2v) is 10.8. The first-order valence-corrected chi connectivity index (χ1v) is 12.8. The predicted molar refractivity (Wildman–Crippen MR) is 142 cm³/mol. The minimum absolute atomic E-state index is 0.0706. The minimum Gasteiger partial charge on any atom is -0.366 e. The Kier molecular flexibility index (Phi) is 8.12. The molecule has 3 amide bonds. The Balaban J connectivity index is 1.55. The normalized spacial score (nSPS) is 16.5. The van der Waals surface area contributed by atoms with Gasteiger partial charge in [-0.1, -0.05) is 20.8 Å². The molecule has 0 aromatic heterocycles. The van der Waals surface area contributed by atoms with Gasteiger partial charge >= 0.3 is 0 Å². The molecule has 2 aliphatic heterocycles. The second-order valence-electron chi connectivity index (χ2n) is 10.8. The highest BCUT2D eigenvalue weighted by Crippen LogP contribution is 2.30. The number of nitrogens with zero attached hydrogens (tertiary/aromatic N) is 3. The summed E-state index contributed by atoms with van der Waals surface area (Å²) in [5.41, 5.74) is 2.06. The van der Waals surface area contributed by atoms with Gasteiger partial charge in [0.1, 0.15) is 5.82 Å². The molecule has 2 aromatic rings. The van der Waals surface area contributed by atoms with Crippen molar-refractivity contribution in [1.29, 1.82) is 0 Å². The molecule has 0 unspecified atom stereocenters. The molecule has 0 aliphatic carbocycles. The van der Waals surface area contributed by atoms with Crippen LogP contribution in [0.4, 0.5) is 15.8 Å². The van der Waals surface area contributed by atoms with Crippen molar-refractivity contribution in [3.05, 3.63) is 59.4 Å². The highest BCUT2D eigenvalue weighted by Gasteiger charge is 2.27. The van der Waals surface area contributed by atoms with E-state index >= 15 is 0 Å². The van der Waals surface area contributed by atoms with Crippen LogP contribution in [0, 0.1) is 11.2 Å². The standard InChI is InChI=1S/C28H36FN5O3/c1-28(2,3)19-25(35)33-16-14-32(15-17-33)24-9-6-21(27(37)34-12-10-30-11-13-34)18-23(24)31-26(36)20-4-7-22(29)8-5-20/h4-9,18,30H,10-17,19H2,1-3H3,(H,31,36). The summed E-state index contributed by atoms with van der Waals surface area (Å²) in [6.45, 7) is 11.3. The van der Waals surface area contributed by atoms with Gasteiger partial charge in [0, 0.05) is 69.9 Å². The van der Waals surface area contributed by atoms with Gasteiger partial charge in [0.2, 0.25) is 5.91 Å². The molecule has 0 saturated carbocycles. The third-order valence-corrected chi connectivity index (χ3v) is 6.66. The average molecular weight is 510 g/mol. The lowest BCUT2D eigenvalue weighted by Crippen LogP contribution is -2.49. The van der Waals surface area contributed by atoms with E-state index in [1.165, 1.54) is 24.3 Å². The summed E-state index contributed by atoms with van der Waals surface area (Å²) in [5, 5.41) is 6.18. The molecule has 198 valence electrons. The van der Waals surface area contributed by atoms with Crippen molar-refractivity contribution in [1.82, 2.24) is 15.1 Å². The molecule has 9 heteroatoms. The predicted octanol–water partition coefficient (Wildman–Crippen LogP) is 3.21. The van der Waals surface area contributed by atoms with Gasteiger partial charge in [-0.2, -0.15) is 0 Å². The number of amides is 3. The van der Waals surface area contributed by atoms with Crippen molar-refractivity contribution in [3.8, 4) is 0 Å². The summed E-state index contributed by atoms with van der Waals surface area (Å²) in [6.07, 6.45) is 0.495. The smallest absolute Gasteiger partial charge is 0.255 e. The summed E-state index contributed by atoms with van der Waals surface area (Å²) in [7, 11) is 0. The molecule has 8 nitrogen and oxygen atoms in total. The molecule has 0 bridgehead atoms. The summed E-state index contributed by atoms with van der Waals surface area (Å²) in [4.78, 5) is 44.7. The van der Waals surface area contributed by atoms with Crippen LogP contribution in [-0.2, 0) is 4.79 Å². The highest BCUT2D eigenvalue weighted by molar-refractivity contribution is 6.07. The van der Waals surface area contributed by atoms with Crippen molar-refractivity contribution < 1.29 is 18.8 Å². The Labute approximate surface area is 217 Å². The van der Waals surface area contributed by atoms with Gasteiger partial charge in [0.25, 0.3) is 11.8 Å². The first kappa shape index (κ1) is 26.6. The number of rotatable bonds is 5. The Morgan fingerprint density at radius 1 is 0.865 bits per heavy atom. The lowest BCUT2D eigenvalue weighted by atomic mass is 9.91. The van der Waals surface area contributed by atoms with E-state index in [9.17, 15) is 18.8 Å². The van der Waals surface area contributed by atoms with E-state index in [0.29, 0.717) is 62.5 Å². The Hall–Kier alpha value is -3.46. The molecular weight excluding hydrogens is 473 g/mol. The van der Waals surface area contributed by atoms with Crippen LogP contribution in [0.15, 0.2) is 42.5 Å². The van der Waals surface area contributed by atoms with Gasteiger partial charge in [0.15, 0.2) is 0 Å². The summed E-state index contributed by atoms with van der Waals surface area (Å²) in [5.74, 6) is -0.733. The van der Waals surface area contributed by atoms with Crippen molar-refractivity contribution in [2.24, 2.45) is 5.41 Å². The molecule has 4 rings (SSSR count). The van der Waals surface area contributed by atoms with Crippen LogP contribution in [0.5, 0.6) is 0 Å². The van der Waals surface area contributed by atoms with Crippen LogP contribution >= 0.6 is 0 Å². The fourth-order valence-electron chi connectivity index (χ4n) is 4.65. The highest BCUT2D eigenvalue weighted by atomic mass is 19.1. The van der Waals surface area contributed by atoms with Crippen LogP contribution in [0.3, 0.4) is 0 Å². The molecule has 2 heterocycles. The van der Waals surface area contributed by atoms with Gasteiger partial charge in [-0.15, -0.1) is 0 Å². The maximum Gasteiger partial charge on any atom is 0.255 e. The first-order chi connectivity index (χ1) is 17.6. The van der Waals surface area contributed by atoms with Gasteiger partial charge < -0.3 is 25.3 Å². The number of hydrogen-bond donors (Lipinski definition) is 2. The zero-order chi connectivity index (χ0) is 26.6. The SMILES string of the molecule is CC(C)(C)CC(=O)N1CCN(c2ccc(C(=O)N3CCNCC3)cc2NC(=O)c2ccc(F)cc2)CC1. The van der Waals surface area contributed by atoms with Crippen LogP contribution in [0.25, 0.3) is 0 Å². The van der Waals surface area contributed by atoms with Crippen LogP contribution in [0.2, 0.25) is 0 Å². The fraction of sp³-hybridized carbons (Fsp3) is 0.464. The third kappa shape index (κ3) is 6.85. The molecule has 0 atom stereocenters. The number of carbonyl (C=O) groups excluding carboxylic acids is 3. The van der Waals surface area contributed by atoms with Crippen molar-refractivity contribution in [2.45, 2.75) is 27.2 Å². The summed E-state index contributed by atoms with van der Waals surface area (Å²) >= 11 is 0. The number of benzene rings is 2. The van der Waals surface area contributed by atoms with Crippen LogP contribution in [0.1, 0.15) is 47.9 Å². The van der Waals surface area contributed by atoms with E-state index in [2.05, 4.69) is 36.3 Å². The second kappa shape index (κ2) is 11.3. The van der Waals surface area contributed by atoms with E-state index in [-0.39, 0.29) is 23.1 Å². The monoisotopic (exact) mass is 509 g/mol. The van der Waals surface area contributed by atoms with Crippen LogP contribution < -0.4 is 15.5 Å². The lowest BCUT2D eigenvalue weighted by molar-refractivity contribution is -0.133. The topological polar surface area (TPSA) is 85.0 Å².